The molecule has 4 atom stereocenters. The van der Waals surface area contributed by atoms with Gasteiger partial charge in [0.2, 0.25) is 0 Å². The number of fused-ring (bicyclic) bond motifs is 2. The van der Waals surface area contributed by atoms with E-state index in [1.54, 1.807) is 0 Å². The summed E-state index contributed by atoms with van der Waals surface area (Å²) in [5, 5.41) is 21.0. The molecule has 0 aromatic heterocycles. The summed E-state index contributed by atoms with van der Waals surface area (Å²) in [6.45, 7) is 0. The number of piperidine rings is 1. The first-order valence-electron chi connectivity index (χ1n) is 3.85. The quantitative estimate of drug-likeness (QED) is 0.465. The fourth-order valence-electron chi connectivity index (χ4n) is 2.17. The average Bonchev–Trinajstić information content (AvgIpc) is 2.43. The number of rotatable bonds is 1. The van der Waals surface area contributed by atoms with Crippen LogP contribution in [-0.4, -0.2) is 34.4 Å². The number of aliphatic hydroxyl groups is 1. The average molecular weight is 157 g/mol. The van der Waals surface area contributed by atoms with E-state index >= 15 is 0 Å². The molecule has 3 unspecified atom stereocenters. The van der Waals surface area contributed by atoms with Gasteiger partial charge in [0.25, 0.3) is 0 Å². The SMILES string of the molecule is O=C(O)C1NC2CC1[C@@H](O)C2. The van der Waals surface area contributed by atoms with Crippen molar-refractivity contribution in [2.75, 3.05) is 0 Å². The highest BCUT2D eigenvalue weighted by atomic mass is 16.4. The fourth-order valence-corrected chi connectivity index (χ4v) is 2.17. The third kappa shape index (κ3) is 0.937. The van der Waals surface area contributed by atoms with Crippen molar-refractivity contribution in [3.8, 4) is 0 Å². The van der Waals surface area contributed by atoms with Gasteiger partial charge >= 0.3 is 5.97 Å². The standard InChI is InChI=1S/C7H11NO3/c9-5-2-3-1-4(5)6(8-3)7(10)11/h3-6,8-9H,1-2H2,(H,10,11)/t3?,4?,5-,6?/m0/s1. The van der Waals surface area contributed by atoms with Crippen molar-refractivity contribution >= 4 is 5.97 Å². The number of carbonyl (C=O) groups is 1. The molecule has 3 N–H and O–H groups in total. The minimum Gasteiger partial charge on any atom is -0.480 e. The molecule has 0 aromatic carbocycles. The van der Waals surface area contributed by atoms with E-state index in [4.69, 9.17) is 5.11 Å². The predicted molar refractivity (Wildman–Crippen MR) is 37.1 cm³/mol. The van der Waals surface area contributed by atoms with Gasteiger partial charge in [-0.05, 0) is 12.8 Å². The Morgan fingerprint density at radius 2 is 2.18 bits per heavy atom. The van der Waals surface area contributed by atoms with E-state index in [0.29, 0.717) is 6.42 Å². The summed E-state index contributed by atoms with van der Waals surface area (Å²) >= 11 is 0. The van der Waals surface area contributed by atoms with Crippen LogP contribution in [0, 0.1) is 5.92 Å². The first-order chi connectivity index (χ1) is 5.18. The van der Waals surface area contributed by atoms with Crippen molar-refractivity contribution in [1.82, 2.24) is 5.32 Å². The van der Waals surface area contributed by atoms with E-state index in [1.807, 2.05) is 0 Å². The lowest BCUT2D eigenvalue weighted by Gasteiger charge is -2.23. The monoisotopic (exact) mass is 157 g/mol. The Morgan fingerprint density at radius 1 is 1.45 bits per heavy atom. The van der Waals surface area contributed by atoms with E-state index < -0.39 is 18.1 Å². The normalized spacial score (nSPS) is 48.1. The lowest BCUT2D eigenvalue weighted by atomic mass is 9.98. The van der Waals surface area contributed by atoms with Crippen molar-refractivity contribution in [2.45, 2.75) is 31.0 Å². The summed E-state index contributed by atoms with van der Waals surface area (Å²) in [5.41, 5.74) is 0. The van der Waals surface area contributed by atoms with Crippen LogP contribution < -0.4 is 5.32 Å². The molecule has 4 nitrogen and oxygen atoms in total. The Kier molecular flexibility index (Phi) is 1.40. The van der Waals surface area contributed by atoms with Crippen LogP contribution in [0.4, 0.5) is 0 Å². The third-order valence-corrected chi connectivity index (χ3v) is 2.69. The lowest BCUT2D eigenvalue weighted by molar-refractivity contribution is -0.141. The Bertz CT molecular complexity index is 194. The largest absolute Gasteiger partial charge is 0.480 e. The molecule has 2 bridgehead atoms. The molecule has 0 radical (unpaired) electrons. The summed E-state index contributed by atoms with van der Waals surface area (Å²) in [5.74, 6) is -0.895. The zero-order chi connectivity index (χ0) is 8.01. The smallest absolute Gasteiger partial charge is 0.321 e. The Hall–Kier alpha value is -0.610. The van der Waals surface area contributed by atoms with E-state index in [1.165, 1.54) is 0 Å². The molecule has 1 heterocycles. The summed E-state index contributed by atoms with van der Waals surface area (Å²) < 4.78 is 0. The molecular formula is C7H11NO3. The van der Waals surface area contributed by atoms with Crippen LogP contribution in [0.2, 0.25) is 0 Å². The topological polar surface area (TPSA) is 69.6 Å². The molecule has 0 spiro atoms. The second kappa shape index (κ2) is 2.19. The lowest BCUT2D eigenvalue weighted by Crippen LogP contribution is -2.46. The zero-order valence-electron chi connectivity index (χ0n) is 6.03. The molecule has 1 saturated heterocycles. The number of hydrogen-bond donors (Lipinski definition) is 3. The summed E-state index contributed by atoms with van der Waals surface area (Å²) in [6.07, 6.45) is 1.13. The van der Waals surface area contributed by atoms with Crippen molar-refractivity contribution in [3.63, 3.8) is 0 Å². The molecule has 62 valence electrons. The van der Waals surface area contributed by atoms with Gasteiger partial charge in [-0.3, -0.25) is 4.79 Å². The van der Waals surface area contributed by atoms with Gasteiger partial charge in [-0.25, -0.2) is 0 Å². The summed E-state index contributed by atoms with van der Waals surface area (Å²) in [6, 6.07) is -0.278. The van der Waals surface area contributed by atoms with E-state index in [-0.39, 0.29) is 12.0 Å². The number of aliphatic carboxylic acids is 1. The van der Waals surface area contributed by atoms with Crippen molar-refractivity contribution in [2.24, 2.45) is 5.92 Å². The number of carboxylic acid groups (broad SMARTS) is 1. The van der Waals surface area contributed by atoms with Gasteiger partial charge in [-0.1, -0.05) is 0 Å². The third-order valence-electron chi connectivity index (χ3n) is 2.69. The molecule has 0 amide bonds. The minimum atomic E-state index is -0.837. The maximum Gasteiger partial charge on any atom is 0.321 e. The molecule has 1 aliphatic carbocycles. The summed E-state index contributed by atoms with van der Waals surface area (Å²) in [7, 11) is 0. The van der Waals surface area contributed by atoms with Gasteiger partial charge in [-0.15, -0.1) is 0 Å². The zero-order valence-corrected chi connectivity index (χ0v) is 6.03. The van der Waals surface area contributed by atoms with Gasteiger partial charge in [0.05, 0.1) is 6.10 Å². The van der Waals surface area contributed by atoms with E-state index in [2.05, 4.69) is 5.32 Å². The Labute approximate surface area is 64.2 Å². The molecule has 4 heteroatoms. The Morgan fingerprint density at radius 3 is 2.55 bits per heavy atom. The summed E-state index contributed by atoms with van der Waals surface area (Å²) in [4.78, 5) is 10.6. The first-order valence-corrected chi connectivity index (χ1v) is 3.85. The molecule has 2 aliphatic rings. The molecular weight excluding hydrogens is 146 g/mol. The highest BCUT2D eigenvalue weighted by Crippen LogP contribution is 2.35. The van der Waals surface area contributed by atoms with Crippen molar-refractivity contribution in [3.05, 3.63) is 0 Å². The maximum absolute atomic E-state index is 10.6. The molecule has 2 fully saturated rings. The van der Waals surface area contributed by atoms with Crippen LogP contribution >= 0.6 is 0 Å². The fraction of sp³-hybridized carbons (Fsp3) is 0.857. The number of aliphatic hydroxyl groups excluding tert-OH is 1. The number of hydrogen-bond acceptors (Lipinski definition) is 3. The molecule has 11 heavy (non-hydrogen) atoms. The second-order valence-corrected chi connectivity index (χ2v) is 3.38. The van der Waals surface area contributed by atoms with Crippen LogP contribution in [0.1, 0.15) is 12.8 Å². The van der Waals surface area contributed by atoms with Crippen molar-refractivity contribution < 1.29 is 15.0 Å². The molecule has 0 aromatic rings. The maximum atomic E-state index is 10.6. The Balaban J connectivity index is 2.12. The van der Waals surface area contributed by atoms with Gasteiger partial charge in [0.1, 0.15) is 6.04 Å². The second-order valence-electron chi connectivity index (χ2n) is 3.38. The highest BCUT2D eigenvalue weighted by Gasteiger charge is 2.48. The van der Waals surface area contributed by atoms with E-state index in [9.17, 15) is 9.90 Å². The molecule has 1 saturated carbocycles. The van der Waals surface area contributed by atoms with Gasteiger partial charge < -0.3 is 15.5 Å². The van der Waals surface area contributed by atoms with Crippen LogP contribution in [0.3, 0.4) is 0 Å². The van der Waals surface area contributed by atoms with Crippen LogP contribution in [-0.2, 0) is 4.79 Å². The number of carboxylic acids is 1. The van der Waals surface area contributed by atoms with Gasteiger partial charge in [0.15, 0.2) is 0 Å². The van der Waals surface area contributed by atoms with Gasteiger partial charge in [-0.2, -0.15) is 0 Å². The first kappa shape index (κ1) is 7.06. The predicted octanol–water partition coefficient (Wildman–Crippen LogP) is -0.818. The van der Waals surface area contributed by atoms with Crippen LogP contribution in [0.25, 0.3) is 0 Å². The van der Waals surface area contributed by atoms with E-state index in [0.717, 1.165) is 6.42 Å². The highest BCUT2D eigenvalue weighted by molar-refractivity contribution is 5.74. The number of nitrogens with one attached hydrogen (secondary N) is 1. The van der Waals surface area contributed by atoms with Crippen LogP contribution in [0.15, 0.2) is 0 Å². The van der Waals surface area contributed by atoms with Crippen LogP contribution in [0.5, 0.6) is 0 Å². The van der Waals surface area contributed by atoms with Gasteiger partial charge in [0, 0.05) is 12.0 Å². The molecule has 2 rings (SSSR count). The molecule has 1 aliphatic heterocycles. The minimum absolute atomic E-state index is 0.0579. The van der Waals surface area contributed by atoms with Crippen molar-refractivity contribution in [1.29, 1.82) is 0 Å².